The first kappa shape index (κ1) is 18.7. The van der Waals surface area contributed by atoms with Crippen LogP contribution in [0.4, 0.5) is 0 Å². The highest BCUT2D eigenvalue weighted by Gasteiger charge is 2.56. The number of carbonyl (C=O) groups is 1. The molecule has 0 heterocycles. The fourth-order valence-electron chi connectivity index (χ4n) is 6.45. The van der Waals surface area contributed by atoms with Crippen LogP contribution in [0.1, 0.15) is 73.6 Å². The normalized spacial score (nSPS) is 45.0. The largest absolute Gasteiger partial charge is 0.462 e. The fourth-order valence-corrected chi connectivity index (χ4v) is 6.45. The Labute approximate surface area is 154 Å². The van der Waals surface area contributed by atoms with Gasteiger partial charge in [0.05, 0.1) is 0 Å². The van der Waals surface area contributed by atoms with Gasteiger partial charge in [-0.1, -0.05) is 38.5 Å². The van der Waals surface area contributed by atoms with E-state index in [0.29, 0.717) is 17.8 Å². The maximum Gasteiger partial charge on any atom is 0.302 e. The molecule has 0 saturated heterocycles. The summed E-state index contributed by atoms with van der Waals surface area (Å²) in [6.07, 6.45) is 10.9. The van der Waals surface area contributed by atoms with Gasteiger partial charge in [-0.25, -0.2) is 0 Å². The van der Waals surface area contributed by atoms with Crippen molar-refractivity contribution < 1.29 is 9.53 Å². The first-order valence-corrected chi connectivity index (χ1v) is 10.3. The molecule has 0 bridgehead atoms. The lowest BCUT2D eigenvalue weighted by molar-refractivity contribution is -0.155. The van der Waals surface area contributed by atoms with E-state index in [0.717, 1.165) is 18.3 Å². The van der Waals surface area contributed by atoms with Crippen LogP contribution in [0.15, 0.2) is 23.3 Å². The van der Waals surface area contributed by atoms with Crippen LogP contribution in [0.5, 0.6) is 0 Å². The maximum absolute atomic E-state index is 11.6. The van der Waals surface area contributed by atoms with Gasteiger partial charge in [-0.15, -0.1) is 0 Å². The van der Waals surface area contributed by atoms with Gasteiger partial charge in [0.15, 0.2) is 0 Å². The summed E-state index contributed by atoms with van der Waals surface area (Å²) in [6, 6.07) is 0. The van der Waals surface area contributed by atoms with Gasteiger partial charge in [0.2, 0.25) is 0 Å². The Morgan fingerprint density at radius 2 is 1.88 bits per heavy atom. The second-order valence-corrected chi connectivity index (χ2v) is 9.51. The highest BCUT2D eigenvalue weighted by molar-refractivity contribution is 5.66. The molecule has 0 radical (unpaired) electrons. The summed E-state index contributed by atoms with van der Waals surface area (Å²) < 4.78 is 5.79. The third kappa shape index (κ3) is 3.34. The number of esters is 1. The zero-order chi connectivity index (χ0) is 18.4. The number of hydrogen-bond acceptors (Lipinski definition) is 2. The van der Waals surface area contributed by atoms with E-state index in [1.165, 1.54) is 31.3 Å². The molecule has 140 valence electrons. The van der Waals surface area contributed by atoms with E-state index >= 15 is 0 Å². The zero-order valence-corrected chi connectivity index (χ0v) is 17.0. The lowest BCUT2D eigenvalue weighted by Crippen LogP contribution is -2.47. The molecule has 0 N–H and O–H groups in total. The smallest absolute Gasteiger partial charge is 0.302 e. The number of carbonyl (C=O) groups excluding carboxylic acids is 1. The predicted octanol–water partition coefficient (Wildman–Crippen LogP) is 5.93. The molecule has 0 aromatic carbocycles. The molecule has 2 nitrogen and oxygen atoms in total. The van der Waals surface area contributed by atoms with Gasteiger partial charge in [0.1, 0.15) is 6.10 Å². The first-order chi connectivity index (χ1) is 11.7. The monoisotopic (exact) mass is 344 g/mol. The Kier molecular flexibility index (Phi) is 5.19. The number of fused-ring (bicyclic) bond motifs is 3. The molecule has 3 rings (SSSR count). The van der Waals surface area contributed by atoms with Crippen molar-refractivity contribution in [2.75, 3.05) is 0 Å². The summed E-state index contributed by atoms with van der Waals surface area (Å²) in [5, 5.41) is 0. The van der Waals surface area contributed by atoms with Gasteiger partial charge in [0, 0.05) is 12.3 Å². The zero-order valence-electron chi connectivity index (χ0n) is 17.0. The summed E-state index contributed by atoms with van der Waals surface area (Å²) in [5.74, 6) is 3.33. The summed E-state index contributed by atoms with van der Waals surface area (Å²) in [7, 11) is 0. The Hall–Kier alpha value is -1.05. The molecule has 0 spiro atoms. The lowest BCUT2D eigenvalue weighted by atomic mass is 9.54. The van der Waals surface area contributed by atoms with Crippen LogP contribution in [0, 0.1) is 35.0 Å². The second kappa shape index (κ2) is 6.93. The third-order valence-corrected chi connectivity index (χ3v) is 7.54. The molecule has 7 unspecified atom stereocenters. The highest BCUT2D eigenvalue weighted by atomic mass is 16.5. The van der Waals surface area contributed by atoms with Crippen molar-refractivity contribution >= 4 is 5.97 Å². The predicted molar refractivity (Wildman–Crippen MR) is 103 cm³/mol. The summed E-state index contributed by atoms with van der Waals surface area (Å²) in [5.41, 5.74) is 3.23. The van der Waals surface area contributed by atoms with Crippen LogP contribution in [0.3, 0.4) is 0 Å². The second-order valence-electron chi connectivity index (χ2n) is 9.51. The molecular formula is C23H36O2. The molecule has 3 aliphatic rings. The van der Waals surface area contributed by atoms with Gasteiger partial charge >= 0.3 is 5.97 Å². The number of hydrogen-bond donors (Lipinski definition) is 0. The minimum atomic E-state index is -0.110. The topological polar surface area (TPSA) is 26.3 Å². The SMILES string of the molecule is CC(=O)OC1CCC2C3C(C)CC(C)/C=C\C(=C(C)C)C3CCC12C. The van der Waals surface area contributed by atoms with E-state index in [2.05, 4.69) is 46.8 Å². The summed E-state index contributed by atoms with van der Waals surface area (Å²) in [6.45, 7) is 13.3. The van der Waals surface area contributed by atoms with Crippen molar-refractivity contribution in [2.24, 2.45) is 35.0 Å². The average molecular weight is 345 g/mol. The van der Waals surface area contributed by atoms with Crippen molar-refractivity contribution in [2.45, 2.75) is 79.8 Å². The van der Waals surface area contributed by atoms with Crippen molar-refractivity contribution in [1.82, 2.24) is 0 Å². The van der Waals surface area contributed by atoms with Crippen LogP contribution in [-0.2, 0) is 9.53 Å². The van der Waals surface area contributed by atoms with Crippen LogP contribution in [0.25, 0.3) is 0 Å². The average Bonchev–Trinajstić information content (AvgIpc) is 2.81. The Balaban J connectivity index is 1.98. The minimum absolute atomic E-state index is 0.110. The molecule has 0 amide bonds. The fraction of sp³-hybridized carbons (Fsp3) is 0.783. The van der Waals surface area contributed by atoms with Crippen molar-refractivity contribution in [3.63, 3.8) is 0 Å². The van der Waals surface area contributed by atoms with Gasteiger partial charge in [-0.3, -0.25) is 4.79 Å². The first-order valence-electron chi connectivity index (χ1n) is 10.3. The number of ether oxygens (including phenoxy) is 1. The van der Waals surface area contributed by atoms with Crippen LogP contribution < -0.4 is 0 Å². The van der Waals surface area contributed by atoms with Crippen LogP contribution >= 0.6 is 0 Å². The molecular weight excluding hydrogens is 308 g/mol. The Bertz CT molecular complexity index is 583. The molecule has 0 aromatic rings. The summed E-state index contributed by atoms with van der Waals surface area (Å²) >= 11 is 0. The van der Waals surface area contributed by atoms with E-state index in [4.69, 9.17) is 4.74 Å². The van der Waals surface area contributed by atoms with Gasteiger partial charge in [-0.2, -0.15) is 0 Å². The van der Waals surface area contributed by atoms with Gasteiger partial charge < -0.3 is 4.74 Å². The van der Waals surface area contributed by atoms with E-state index < -0.39 is 0 Å². The maximum atomic E-state index is 11.6. The highest BCUT2D eigenvalue weighted by Crippen LogP contribution is 2.61. The van der Waals surface area contributed by atoms with Crippen LogP contribution in [-0.4, -0.2) is 12.1 Å². The van der Waals surface area contributed by atoms with Crippen LogP contribution in [0.2, 0.25) is 0 Å². The van der Waals surface area contributed by atoms with Crippen molar-refractivity contribution in [3.8, 4) is 0 Å². The number of rotatable bonds is 1. The molecule has 2 fully saturated rings. The third-order valence-electron chi connectivity index (χ3n) is 7.54. The van der Waals surface area contributed by atoms with E-state index in [-0.39, 0.29) is 17.5 Å². The molecule has 2 saturated carbocycles. The molecule has 2 heteroatoms. The van der Waals surface area contributed by atoms with E-state index in [1.807, 2.05) is 0 Å². The minimum Gasteiger partial charge on any atom is -0.462 e. The van der Waals surface area contributed by atoms with Crippen molar-refractivity contribution in [1.29, 1.82) is 0 Å². The molecule has 25 heavy (non-hydrogen) atoms. The van der Waals surface area contributed by atoms with Gasteiger partial charge in [0.25, 0.3) is 0 Å². The standard InChI is InChI=1S/C23H36O2/c1-14(2)18-8-7-15(3)13-16(4)22-19(18)11-12-23(6)20(22)9-10-21(23)25-17(5)24/h7-8,15-16,19-22H,9-13H2,1-6H3/b8-7-. The number of allylic oxidation sites excluding steroid dienone is 4. The van der Waals surface area contributed by atoms with Gasteiger partial charge in [-0.05, 0) is 81.1 Å². The molecule has 0 aromatic heterocycles. The molecule has 7 atom stereocenters. The quantitative estimate of drug-likeness (QED) is 0.551. The Morgan fingerprint density at radius 1 is 1.16 bits per heavy atom. The van der Waals surface area contributed by atoms with E-state index in [9.17, 15) is 4.79 Å². The Morgan fingerprint density at radius 3 is 2.52 bits per heavy atom. The van der Waals surface area contributed by atoms with Crippen molar-refractivity contribution in [3.05, 3.63) is 23.3 Å². The summed E-state index contributed by atoms with van der Waals surface area (Å²) in [4.78, 5) is 11.6. The molecule has 0 aliphatic heterocycles. The molecule has 3 aliphatic carbocycles. The van der Waals surface area contributed by atoms with E-state index in [1.54, 1.807) is 12.5 Å². The lowest BCUT2D eigenvalue weighted by Gasteiger charge is -2.51.